The molecule has 3 aliphatic heterocycles. The first kappa shape index (κ1) is 21.1. The molecule has 3 fully saturated rings. The maximum atomic E-state index is 13.2. The van der Waals surface area contributed by atoms with Crippen LogP contribution in [0.3, 0.4) is 0 Å². The zero-order valence-corrected chi connectivity index (χ0v) is 17.8. The summed E-state index contributed by atoms with van der Waals surface area (Å²) >= 11 is 0. The van der Waals surface area contributed by atoms with E-state index in [-0.39, 0.29) is 17.9 Å². The van der Waals surface area contributed by atoms with E-state index in [1.54, 1.807) is 0 Å². The monoisotopic (exact) mass is 414 g/mol. The number of morpholine rings is 1. The first-order valence-electron chi connectivity index (χ1n) is 11.4. The lowest BCUT2D eigenvalue weighted by Gasteiger charge is -2.37. The Kier molecular flexibility index (Phi) is 7.23. The van der Waals surface area contributed by atoms with E-state index < -0.39 is 0 Å². The van der Waals surface area contributed by atoms with Gasteiger partial charge in [0.1, 0.15) is 0 Å². The number of carbonyl (C=O) groups is 2. The lowest BCUT2D eigenvalue weighted by molar-refractivity contribution is -0.136. The molecule has 4 rings (SSSR count). The summed E-state index contributed by atoms with van der Waals surface area (Å²) in [6.45, 7) is 6.59. The second-order valence-electron chi connectivity index (χ2n) is 8.57. The van der Waals surface area contributed by atoms with Gasteiger partial charge in [-0.1, -0.05) is 30.3 Å². The van der Waals surface area contributed by atoms with Crippen LogP contribution in [0.5, 0.6) is 0 Å². The Morgan fingerprint density at radius 2 is 1.70 bits per heavy atom. The minimum absolute atomic E-state index is 0.0467. The molecule has 2 atom stereocenters. The van der Waals surface area contributed by atoms with Gasteiger partial charge >= 0.3 is 6.03 Å². The minimum Gasteiger partial charge on any atom is -0.378 e. The molecular weight excluding hydrogens is 380 g/mol. The Bertz CT molecular complexity index is 702. The van der Waals surface area contributed by atoms with Gasteiger partial charge in [-0.05, 0) is 44.3 Å². The van der Waals surface area contributed by atoms with Gasteiger partial charge in [-0.3, -0.25) is 9.69 Å². The smallest absolute Gasteiger partial charge is 0.317 e. The molecule has 0 spiro atoms. The van der Waals surface area contributed by atoms with Crippen molar-refractivity contribution in [1.82, 2.24) is 20.0 Å². The van der Waals surface area contributed by atoms with Crippen LogP contribution in [0.4, 0.5) is 4.79 Å². The molecule has 164 valence electrons. The lowest BCUT2D eigenvalue weighted by Crippen LogP contribution is -2.53. The summed E-state index contributed by atoms with van der Waals surface area (Å²) in [4.78, 5) is 32.5. The Morgan fingerprint density at radius 3 is 2.43 bits per heavy atom. The third kappa shape index (κ3) is 5.13. The molecule has 1 aromatic rings. The number of nitrogens with zero attached hydrogens (tertiary/aromatic N) is 3. The van der Waals surface area contributed by atoms with Crippen molar-refractivity contribution in [3.05, 3.63) is 35.9 Å². The number of likely N-dealkylation sites (tertiary alicyclic amines) is 2. The zero-order chi connectivity index (χ0) is 20.8. The maximum absolute atomic E-state index is 13.2. The molecule has 3 heterocycles. The van der Waals surface area contributed by atoms with Gasteiger partial charge < -0.3 is 19.9 Å². The first-order valence-corrected chi connectivity index (χ1v) is 11.4. The summed E-state index contributed by atoms with van der Waals surface area (Å²) < 4.78 is 5.39. The van der Waals surface area contributed by atoms with E-state index >= 15 is 0 Å². The van der Waals surface area contributed by atoms with Gasteiger partial charge in [-0.15, -0.1) is 0 Å². The van der Waals surface area contributed by atoms with Crippen LogP contribution in [-0.4, -0.2) is 91.7 Å². The van der Waals surface area contributed by atoms with Gasteiger partial charge in [-0.25, -0.2) is 4.79 Å². The summed E-state index contributed by atoms with van der Waals surface area (Å²) in [6.07, 6.45) is 4.76. The molecule has 0 aromatic heterocycles. The lowest BCUT2D eigenvalue weighted by atomic mass is 9.97. The SMILES string of the molecule is O=C(NCC(C(=O)N1CCOCC1)c1ccccc1)N1CCCC(N2CCCC2)C1. The highest BCUT2D eigenvalue weighted by Gasteiger charge is 2.31. The molecule has 0 saturated carbocycles. The summed E-state index contributed by atoms with van der Waals surface area (Å²) in [7, 11) is 0. The summed E-state index contributed by atoms with van der Waals surface area (Å²) in [5.74, 6) is -0.300. The Labute approximate surface area is 179 Å². The third-order valence-corrected chi connectivity index (χ3v) is 6.62. The second-order valence-corrected chi connectivity index (χ2v) is 8.57. The number of urea groups is 1. The van der Waals surface area contributed by atoms with E-state index in [4.69, 9.17) is 4.74 Å². The quantitative estimate of drug-likeness (QED) is 0.799. The van der Waals surface area contributed by atoms with E-state index in [1.807, 2.05) is 40.1 Å². The molecule has 7 heteroatoms. The van der Waals surface area contributed by atoms with Gasteiger partial charge in [0.25, 0.3) is 0 Å². The molecule has 3 aliphatic rings. The molecule has 7 nitrogen and oxygen atoms in total. The average Bonchev–Trinajstić information content (AvgIpc) is 3.35. The number of hydrogen-bond donors (Lipinski definition) is 1. The molecule has 30 heavy (non-hydrogen) atoms. The highest BCUT2D eigenvalue weighted by atomic mass is 16.5. The standard InChI is InChI=1S/C23H34N4O3/c28-22(26-13-15-30-16-14-26)21(19-7-2-1-3-8-19)17-24-23(29)27-12-6-9-20(18-27)25-10-4-5-11-25/h1-3,7-8,20-21H,4-6,9-18H2,(H,24,29). The number of amides is 3. The van der Waals surface area contributed by atoms with Crippen LogP contribution in [0.1, 0.15) is 37.2 Å². The first-order chi connectivity index (χ1) is 14.7. The molecule has 0 aliphatic carbocycles. The van der Waals surface area contributed by atoms with Crippen LogP contribution < -0.4 is 5.32 Å². The van der Waals surface area contributed by atoms with Crippen LogP contribution >= 0.6 is 0 Å². The maximum Gasteiger partial charge on any atom is 0.317 e. The predicted octanol–water partition coefficient (Wildman–Crippen LogP) is 1.90. The molecule has 3 amide bonds. The van der Waals surface area contributed by atoms with Crippen molar-refractivity contribution in [2.24, 2.45) is 0 Å². The Balaban J connectivity index is 1.37. The normalized spacial score (nSPS) is 23.9. The molecule has 0 bridgehead atoms. The van der Waals surface area contributed by atoms with Gasteiger partial charge in [0.2, 0.25) is 5.91 Å². The average molecular weight is 415 g/mol. The van der Waals surface area contributed by atoms with Crippen LogP contribution in [0.2, 0.25) is 0 Å². The van der Waals surface area contributed by atoms with Gasteiger partial charge in [0, 0.05) is 38.8 Å². The molecule has 2 unspecified atom stereocenters. The molecule has 0 radical (unpaired) electrons. The second kappa shape index (κ2) is 10.3. The number of nitrogens with one attached hydrogen (secondary N) is 1. The van der Waals surface area contributed by atoms with Crippen molar-refractivity contribution >= 4 is 11.9 Å². The topological polar surface area (TPSA) is 65.1 Å². The summed E-state index contributed by atoms with van der Waals surface area (Å²) in [5.41, 5.74) is 0.947. The predicted molar refractivity (Wildman–Crippen MR) is 115 cm³/mol. The van der Waals surface area contributed by atoms with Gasteiger partial charge in [0.05, 0.1) is 19.1 Å². The largest absolute Gasteiger partial charge is 0.378 e. The zero-order valence-electron chi connectivity index (χ0n) is 17.8. The van der Waals surface area contributed by atoms with Crippen molar-refractivity contribution in [1.29, 1.82) is 0 Å². The number of rotatable bonds is 5. The number of piperidine rings is 1. The fraction of sp³-hybridized carbons (Fsp3) is 0.652. The third-order valence-electron chi connectivity index (χ3n) is 6.62. The van der Waals surface area contributed by atoms with E-state index in [0.29, 0.717) is 38.9 Å². The molecular formula is C23H34N4O3. The van der Waals surface area contributed by atoms with E-state index in [9.17, 15) is 9.59 Å². The van der Waals surface area contributed by atoms with E-state index in [2.05, 4.69) is 10.2 Å². The fourth-order valence-corrected chi connectivity index (χ4v) is 4.88. The van der Waals surface area contributed by atoms with Crippen LogP contribution in [0.15, 0.2) is 30.3 Å². The summed E-state index contributed by atoms with van der Waals surface area (Å²) in [5, 5.41) is 3.07. The highest BCUT2D eigenvalue weighted by Crippen LogP contribution is 2.22. The highest BCUT2D eigenvalue weighted by molar-refractivity contribution is 5.85. The molecule has 3 saturated heterocycles. The Morgan fingerprint density at radius 1 is 0.967 bits per heavy atom. The molecule has 1 aromatic carbocycles. The minimum atomic E-state index is -0.368. The van der Waals surface area contributed by atoms with Crippen LogP contribution in [0, 0.1) is 0 Å². The van der Waals surface area contributed by atoms with Crippen molar-refractivity contribution in [2.45, 2.75) is 37.6 Å². The van der Waals surface area contributed by atoms with Gasteiger partial charge in [0.15, 0.2) is 0 Å². The van der Waals surface area contributed by atoms with Crippen molar-refractivity contribution in [2.75, 3.05) is 59.0 Å². The van der Waals surface area contributed by atoms with Crippen LogP contribution in [-0.2, 0) is 9.53 Å². The van der Waals surface area contributed by atoms with Crippen molar-refractivity contribution < 1.29 is 14.3 Å². The number of carbonyl (C=O) groups excluding carboxylic acids is 2. The van der Waals surface area contributed by atoms with E-state index in [1.165, 1.54) is 19.3 Å². The Hall–Kier alpha value is -2.12. The van der Waals surface area contributed by atoms with Gasteiger partial charge in [-0.2, -0.15) is 0 Å². The number of ether oxygens (including phenoxy) is 1. The number of hydrogen-bond acceptors (Lipinski definition) is 4. The summed E-state index contributed by atoms with van der Waals surface area (Å²) in [6, 6.07) is 10.2. The fourth-order valence-electron chi connectivity index (χ4n) is 4.88. The number of benzene rings is 1. The van der Waals surface area contributed by atoms with Crippen molar-refractivity contribution in [3.63, 3.8) is 0 Å². The molecule has 1 N–H and O–H groups in total. The van der Waals surface area contributed by atoms with E-state index in [0.717, 1.165) is 38.2 Å². The van der Waals surface area contributed by atoms with Crippen LogP contribution in [0.25, 0.3) is 0 Å². The van der Waals surface area contributed by atoms with Crippen molar-refractivity contribution in [3.8, 4) is 0 Å².